The van der Waals surface area contributed by atoms with E-state index in [9.17, 15) is 4.79 Å². The molecule has 1 aromatic rings. The highest BCUT2D eigenvalue weighted by Crippen LogP contribution is 2.23. The van der Waals surface area contributed by atoms with E-state index >= 15 is 0 Å². The predicted octanol–water partition coefficient (Wildman–Crippen LogP) is 2.12. The number of amides is 1. The fourth-order valence-electron chi connectivity index (χ4n) is 1.96. The van der Waals surface area contributed by atoms with E-state index in [0.717, 1.165) is 31.4 Å². The van der Waals surface area contributed by atoms with Gasteiger partial charge in [0, 0.05) is 6.20 Å². The number of pyridine rings is 1. The molecule has 0 spiro atoms. The molecule has 1 aliphatic heterocycles. The highest BCUT2D eigenvalue weighted by molar-refractivity contribution is 6.32. The lowest BCUT2D eigenvalue weighted by molar-refractivity contribution is -0.118. The van der Waals surface area contributed by atoms with Crippen molar-refractivity contribution in [2.24, 2.45) is 0 Å². The summed E-state index contributed by atoms with van der Waals surface area (Å²) < 4.78 is 0. The van der Waals surface area contributed by atoms with Crippen LogP contribution in [0.15, 0.2) is 12.3 Å². The van der Waals surface area contributed by atoms with Crippen LogP contribution >= 0.6 is 11.6 Å². The Kier molecular flexibility index (Phi) is 3.97. The molecule has 2 heterocycles. The number of nitrogens with one attached hydrogen (secondary N) is 2. The molecule has 92 valence electrons. The van der Waals surface area contributed by atoms with Gasteiger partial charge in [0.05, 0.1) is 11.7 Å². The van der Waals surface area contributed by atoms with Gasteiger partial charge in [-0.15, -0.1) is 0 Å². The van der Waals surface area contributed by atoms with Crippen LogP contribution in [0.4, 0.5) is 5.69 Å². The van der Waals surface area contributed by atoms with Crippen molar-refractivity contribution < 1.29 is 4.79 Å². The normalized spacial score (nSPS) is 20.0. The van der Waals surface area contributed by atoms with E-state index in [4.69, 9.17) is 11.6 Å². The van der Waals surface area contributed by atoms with Crippen molar-refractivity contribution >= 4 is 23.2 Å². The average molecular weight is 254 g/mol. The van der Waals surface area contributed by atoms with Gasteiger partial charge in [-0.25, -0.2) is 4.98 Å². The molecule has 0 radical (unpaired) electrons. The molecular formula is C12H16ClN3O. The smallest absolute Gasteiger partial charge is 0.241 e. The van der Waals surface area contributed by atoms with Gasteiger partial charge in [0.1, 0.15) is 0 Å². The highest BCUT2D eigenvalue weighted by Gasteiger charge is 2.21. The van der Waals surface area contributed by atoms with Gasteiger partial charge in [0.25, 0.3) is 0 Å². The molecule has 1 fully saturated rings. The minimum Gasteiger partial charge on any atom is -0.322 e. The van der Waals surface area contributed by atoms with Gasteiger partial charge in [0.2, 0.25) is 5.91 Å². The molecule has 1 aliphatic rings. The third-order valence-corrected chi connectivity index (χ3v) is 3.27. The number of carbonyl (C=O) groups is 1. The number of nitrogens with zero attached hydrogens (tertiary/aromatic N) is 1. The first-order valence-corrected chi connectivity index (χ1v) is 6.21. The minimum atomic E-state index is -0.112. The van der Waals surface area contributed by atoms with Crippen molar-refractivity contribution in [1.29, 1.82) is 0 Å². The average Bonchev–Trinajstić information content (AvgIpc) is 2.35. The Morgan fingerprint density at radius 1 is 1.59 bits per heavy atom. The Labute approximate surface area is 106 Å². The van der Waals surface area contributed by atoms with Crippen LogP contribution < -0.4 is 10.6 Å². The Balaban J connectivity index is 2.07. The van der Waals surface area contributed by atoms with Gasteiger partial charge in [-0.3, -0.25) is 4.79 Å². The molecule has 2 N–H and O–H groups in total. The SMILES string of the molecule is Cc1ccnc(Cl)c1NC(=O)[C@@H]1CCCCN1. The molecule has 17 heavy (non-hydrogen) atoms. The summed E-state index contributed by atoms with van der Waals surface area (Å²) in [6.45, 7) is 2.80. The van der Waals surface area contributed by atoms with Crippen LogP contribution in [0.25, 0.3) is 0 Å². The molecule has 1 amide bonds. The molecule has 2 rings (SSSR count). The second kappa shape index (κ2) is 5.47. The van der Waals surface area contributed by atoms with E-state index < -0.39 is 0 Å². The Morgan fingerprint density at radius 2 is 2.41 bits per heavy atom. The zero-order chi connectivity index (χ0) is 12.3. The van der Waals surface area contributed by atoms with Crippen LogP contribution in [0, 0.1) is 6.92 Å². The number of halogens is 1. The number of piperidine rings is 1. The largest absolute Gasteiger partial charge is 0.322 e. The van der Waals surface area contributed by atoms with Gasteiger partial charge < -0.3 is 10.6 Å². The van der Waals surface area contributed by atoms with Crippen LogP contribution in [0.1, 0.15) is 24.8 Å². The number of rotatable bonds is 2. The van der Waals surface area contributed by atoms with Crippen LogP contribution in [-0.4, -0.2) is 23.5 Å². The Bertz CT molecular complexity index is 396. The van der Waals surface area contributed by atoms with Crippen LogP contribution in [-0.2, 0) is 4.79 Å². The van der Waals surface area contributed by atoms with Crippen molar-refractivity contribution in [2.75, 3.05) is 11.9 Å². The lowest BCUT2D eigenvalue weighted by Crippen LogP contribution is -2.43. The van der Waals surface area contributed by atoms with E-state index in [0.29, 0.717) is 10.8 Å². The molecule has 5 heteroatoms. The highest BCUT2D eigenvalue weighted by atomic mass is 35.5. The van der Waals surface area contributed by atoms with Crippen LogP contribution in [0.3, 0.4) is 0 Å². The summed E-state index contributed by atoms with van der Waals surface area (Å²) in [5.41, 5.74) is 1.54. The summed E-state index contributed by atoms with van der Waals surface area (Å²) >= 11 is 5.97. The number of hydrogen-bond acceptors (Lipinski definition) is 3. The van der Waals surface area contributed by atoms with E-state index in [-0.39, 0.29) is 11.9 Å². The van der Waals surface area contributed by atoms with Crippen molar-refractivity contribution in [3.05, 3.63) is 23.0 Å². The zero-order valence-corrected chi connectivity index (χ0v) is 10.5. The number of anilines is 1. The van der Waals surface area contributed by atoms with Gasteiger partial charge >= 0.3 is 0 Å². The number of carbonyl (C=O) groups excluding carboxylic acids is 1. The molecule has 4 nitrogen and oxygen atoms in total. The quantitative estimate of drug-likeness (QED) is 0.794. The first kappa shape index (κ1) is 12.3. The lowest BCUT2D eigenvalue weighted by atomic mass is 10.0. The first-order chi connectivity index (χ1) is 8.18. The van der Waals surface area contributed by atoms with E-state index in [1.807, 2.05) is 13.0 Å². The van der Waals surface area contributed by atoms with Crippen LogP contribution in [0.5, 0.6) is 0 Å². The summed E-state index contributed by atoms with van der Waals surface area (Å²) in [5, 5.41) is 6.40. The van der Waals surface area contributed by atoms with Crippen molar-refractivity contribution in [2.45, 2.75) is 32.2 Å². The molecule has 0 unspecified atom stereocenters. The second-order valence-electron chi connectivity index (χ2n) is 4.29. The predicted molar refractivity (Wildman–Crippen MR) is 68.3 cm³/mol. The van der Waals surface area contributed by atoms with E-state index in [1.54, 1.807) is 6.20 Å². The third kappa shape index (κ3) is 2.96. The topological polar surface area (TPSA) is 54.0 Å². The molecule has 1 atom stereocenters. The lowest BCUT2D eigenvalue weighted by Gasteiger charge is -2.23. The van der Waals surface area contributed by atoms with Gasteiger partial charge in [-0.05, 0) is 37.9 Å². The van der Waals surface area contributed by atoms with E-state index in [2.05, 4.69) is 15.6 Å². The second-order valence-corrected chi connectivity index (χ2v) is 4.64. The number of aromatic nitrogens is 1. The Hall–Kier alpha value is -1.13. The molecule has 0 aromatic carbocycles. The summed E-state index contributed by atoms with van der Waals surface area (Å²) in [6.07, 6.45) is 4.73. The fraction of sp³-hybridized carbons (Fsp3) is 0.500. The maximum Gasteiger partial charge on any atom is 0.241 e. The van der Waals surface area contributed by atoms with Gasteiger partial charge in [0.15, 0.2) is 5.15 Å². The van der Waals surface area contributed by atoms with Gasteiger partial charge in [-0.2, -0.15) is 0 Å². The summed E-state index contributed by atoms with van der Waals surface area (Å²) in [7, 11) is 0. The Morgan fingerprint density at radius 3 is 3.06 bits per heavy atom. The zero-order valence-electron chi connectivity index (χ0n) is 9.79. The molecule has 0 saturated carbocycles. The van der Waals surface area contributed by atoms with Gasteiger partial charge in [-0.1, -0.05) is 18.0 Å². The minimum absolute atomic E-state index is 0.0253. The van der Waals surface area contributed by atoms with Crippen molar-refractivity contribution in [3.63, 3.8) is 0 Å². The summed E-state index contributed by atoms with van der Waals surface area (Å²) in [4.78, 5) is 16.0. The number of aryl methyl sites for hydroxylation is 1. The molecular weight excluding hydrogens is 238 g/mol. The monoisotopic (exact) mass is 253 g/mol. The standard InChI is InChI=1S/C12H16ClN3O/c1-8-5-7-15-11(13)10(8)16-12(17)9-4-2-3-6-14-9/h5,7,9,14H,2-4,6H2,1H3,(H,16,17)/t9-/m0/s1. The van der Waals surface area contributed by atoms with Crippen molar-refractivity contribution in [1.82, 2.24) is 10.3 Å². The molecule has 0 bridgehead atoms. The molecule has 1 saturated heterocycles. The van der Waals surface area contributed by atoms with Crippen LogP contribution in [0.2, 0.25) is 5.15 Å². The molecule has 0 aliphatic carbocycles. The fourth-order valence-corrected chi connectivity index (χ4v) is 2.21. The number of hydrogen-bond donors (Lipinski definition) is 2. The van der Waals surface area contributed by atoms with E-state index in [1.165, 1.54) is 0 Å². The summed E-state index contributed by atoms with van der Waals surface area (Å²) in [5.74, 6) is -0.0253. The summed E-state index contributed by atoms with van der Waals surface area (Å²) in [6, 6.07) is 1.72. The first-order valence-electron chi connectivity index (χ1n) is 5.84. The molecule has 1 aromatic heterocycles. The third-order valence-electron chi connectivity index (χ3n) is 2.99. The maximum atomic E-state index is 12.0. The van der Waals surface area contributed by atoms with Crippen molar-refractivity contribution in [3.8, 4) is 0 Å². The maximum absolute atomic E-state index is 12.0.